The van der Waals surface area contributed by atoms with Gasteiger partial charge < -0.3 is 15.0 Å². The van der Waals surface area contributed by atoms with Crippen LogP contribution in [0.2, 0.25) is 0 Å². The van der Waals surface area contributed by atoms with Crippen molar-refractivity contribution in [3.05, 3.63) is 29.8 Å². The lowest BCUT2D eigenvalue weighted by atomic mass is 10.2. The quantitative estimate of drug-likeness (QED) is 0.802. The number of benzene rings is 1. The zero-order valence-corrected chi connectivity index (χ0v) is 13.9. The predicted octanol–water partition coefficient (Wildman–Crippen LogP) is 2.32. The molecule has 0 saturated carbocycles. The lowest BCUT2D eigenvalue weighted by Crippen LogP contribution is -2.40. The zero-order chi connectivity index (χ0) is 16.5. The zero-order valence-electron chi connectivity index (χ0n) is 13.9. The Balaban J connectivity index is 2.77. The molecule has 0 saturated heterocycles. The number of amides is 2. The van der Waals surface area contributed by atoms with Crippen LogP contribution < -0.4 is 10.1 Å². The van der Waals surface area contributed by atoms with Gasteiger partial charge in [0.15, 0.2) is 0 Å². The second kappa shape index (κ2) is 9.07. The van der Waals surface area contributed by atoms with Gasteiger partial charge in [0.05, 0.1) is 13.2 Å². The standard InChI is InChI=1S/C17H26N2O3/c1-5-18-16(20)11-19(6-2)17(21)14-8-7-9-15(10-14)22-12-13(3)4/h7-10,13H,5-6,11-12H2,1-4H3,(H,18,20). The first kappa shape index (κ1) is 18.0. The van der Waals surface area contributed by atoms with Crippen LogP contribution in [0, 0.1) is 5.92 Å². The van der Waals surface area contributed by atoms with Crippen molar-refractivity contribution in [2.75, 3.05) is 26.2 Å². The Morgan fingerprint density at radius 1 is 1.27 bits per heavy atom. The van der Waals surface area contributed by atoms with Gasteiger partial charge in [-0.1, -0.05) is 19.9 Å². The number of carbonyl (C=O) groups excluding carboxylic acids is 2. The summed E-state index contributed by atoms with van der Waals surface area (Å²) in [6.45, 7) is 9.56. The van der Waals surface area contributed by atoms with Crippen LogP contribution in [-0.2, 0) is 4.79 Å². The summed E-state index contributed by atoms with van der Waals surface area (Å²) in [6, 6.07) is 7.10. The fourth-order valence-electron chi connectivity index (χ4n) is 1.92. The van der Waals surface area contributed by atoms with E-state index in [9.17, 15) is 9.59 Å². The second-order valence-corrected chi connectivity index (χ2v) is 5.51. The molecule has 0 aliphatic rings. The maximum absolute atomic E-state index is 12.5. The summed E-state index contributed by atoms with van der Waals surface area (Å²) in [5.74, 6) is 0.784. The normalized spacial score (nSPS) is 10.4. The molecule has 5 heteroatoms. The van der Waals surface area contributed by atoms with Crippen molar-refractivity contribution in [2.45, 2.75) is 27.7 Å². The van der Waals surface area contributed by atoms with Crippen LogP contribution in [0.4, 0.5) is 0 Å². The molecule has 1 aromatic carbocycles. The van der Waals surface area contributed by atoms with E-state index in [-0.39, 0.29) is 18.4 Å². The highest BCUT2D eigenvalue weighted by Crippen LogP contribution is 2.16. The highest BCUT2D eigenvalue weighted by atomic mass is 16.5. The molecule has 0 radical (unpaired) electrons. The fraction of sp³-hybridized carbons (Fsp3) is 0.529. The van der Waals surface area contributed by atoms with Crippen LogP contribution in [0.1, 0.15) is 38.1 Å². The number of carbonyl (C=O) groups is 2. The van der Waals surface area contributed by atoms with E-state index in [4.69, 9.17) is 4.74 Å². The lowest BCUT2D eigenvalue weighted by molar-refractivity contribution is -0.121. The molecule has 0 aliphatic heterocycles. The first-order valence-electron chi connectivity index (χ1n) is 7.76. The summed E-state index contributed by atoms with van der Waals surface area (Å²) >= 11 is 0. The predicted molar refractivity (Wildman–Crippen MR) is 87.0 cm³/mol. The van der Waals surface area contributed by atoms with Crippen LogP contribution in [-0.4, -0.2) is 43.0 Å². The molecule has 1 aromatic rings. The van der Waals surface area contributed by atoms with Gasteiger partial charge in [-0.05, 0) is 38.0 Å². The Hall–Kier alpha value is -2.04. The summed E-state index contributed by atoms with van der Waals surface area (Å²) in [6.07, 6.45) is 0. The highest BCUT2D eigenvalue weighted by Gasteiger charge is 2.17. The molecule has 0 bridgehead atoms. The van der Waals surface area contributed by atoms with Crippen LogP contribution in [0.5, 0.6) is 5.75 Å². The molecular weight excluding hydrogens is 280 g/mol. The monoisotopic (exact) mass is 306 g/mol. The second-order valence-electron chi connectivity index (χ2n) is 5.51. The van der Waals surface area contributed by atoms with Gasteiger partial charge in [-0.15, -0.1) is 0 Å². The van der Waals surface area contributed by atoms with Crippen LogP contribution in [0.3, 0.4) is 0 Å². The molecule has 0 spiro atoms. The molecule has 22 heavy (non-hydrogen) atoms. The smallest absolute Gasteiger partial charge is 0.254 e. The molecule has 0 atom stereocenters. The number of hydrogen-bond acceptors (Lipinski definition) is 3. The molecule has 5 nitrogen and oxygen atoms in total. The number of rotatable bonds is 8. The minimum Gasteiger partial charge on any atom is -0.493 e. The largest absolute Gasteiger partial charge is 0.493 e. The molecular formula is C17H26N2O3. The van der Waals surface area contributed by atoms with Gasteiger partial charge in [0.2, 0.25) is 5.91 Å². The molecule has 1 N–H and O–H groups in total. The van der Waals surface area contributed by atoms with Gasteiger partial charge in [-0.25, -0.2) is 0 Å². The average molecular weight is 306 g/mol. The van der Waals surface area contributed by atoms with Gasteiger partial charge in [-0.3, -0.25) is 9.59 Å². The van der Waals surface area contributed by atoms with Crippen molar-refractivity contribution in [2.24, 2.45) is 5.92 Å². The third kappa shape index (κ3) is 5.76. The molecule has 0 heterocycles. The number of ether oxygens (including phenoxy) is 1. The van der Waals surface area contributed by atoms with Crippen molar-refractivity contribution in [3.8, 4) is 5.75 Å². The number of nitrogens with zero attached hydrogens (tertiary/aromatic N) is 1. The van der Waals surface area contributed by atoms with Crippen molar-refractivity contribution in [1.29, 1.82) is 0 Å². The van der Waals surface area contributed by atoms with Crippen molar-refractivity contribution >= 4 is 11.8 Å². The van der Waals surface area contributed by atoms with E-state index in [0.717, 1.165) is 0 Å². The molecule has 2 amide bonds. The molecule has 0 aromatic heterocycles. The minimum atomic E-state index is -0.163. The van der Waals surface area contributed by atoms with Crippen molar-refractivity contribution < 1.29 is 14.3 Å². The topological polar surface area (TPSA) is 58.6 Å². The van der Waals surface area contributed by atoms with E-state index < -0.39 is 0 Å². The molecule has 0 fully saturated rings. The summed E-state index contributed by atoms with van der Waals surface area (Å²) in [4.78, 5) is 25.7. The first-order chi connectivity index (χ1) is 10.5. The maximum Gasteiger partial charge on any atom is 0.254 e. The Labute approximate surface area is 132 Å². The lowest BCUT2D eigenvalue weighted by Gasteiger charge is -2.20. The summed E-state index contributed by atoms with van der Waals surface area (Å²) < 4.78 is 5.64. The van der Waals surface area contributed by atoms with Crippen molar-refractivity contribution in [3.63, 3.8) is 0 Å². The van der Waals surface area contributed by atoms with E-state index in [1.165, 1.54) is 4.90 Å². The van der Waals surface area contributed by atoms with Gasteiger partial charge in [0.1, 0.15) is 5.75 Å². The highest BCUT2D eigenvalue weighted by molar-refractivity contribution is 5.96. The number of nitrogens with one attached hydrogen (secondary N) is 1. The van der Waals surface area contributed by atoms with Crippen LogP contribution in [0.15, 0.2) is 24.3 Å². The molecule has 1 rings (SSSR count). The first-order valence-corrected chi connectivity index (χ1v) is 7.76. The average Bonchev–Trinajstić information content (AvgIpc) is 2.50. The van der Waals surface area contributed by atoms with Crippen molar-refractivity contribution in [1.82, 2.24) is 10.2 Å². The molecule has 0 aliphatic carbocycles. The third-order valence-corrected chi connectivity index (χ3v) is 3.04. The Morgan fingerprint density at radius 3 is 2.59 bits per heavy atom. The van der Waals surface area contributed by atoms with Crippen LogP contribution in [0.25, 0.3) is 0 Å². The SMILES string of the molecule is CCNC(=O)CN(CC)C(=O)c1cccc(OCC(C)C)c1. The Kier molecular flexibility index (Phi) is 7.43. The minimum absolute atomic E-state index is 0.0697. The molecule has 0 unspecified atom stereocenters. The number of hydrogen-bond donors (Lipinski definition) is 1. The van der Waals surface area contributed by atoms with Gasteiger partial charge >= 0.3 is 0 Å². The van der Waals surface area contributed by atoms with E-state index >= 15 is 0 Å². The van der Waals surface area contributed by atoms with Crippen LogP contribution >= 0.6 is 0 Å². The van der Waals surface area contributed by atoms with E-state index in [1.54, 1.807) is 18.2 Å². The summed E-state index contributed by atoms with van der Waals surface area (Å²) in [7, 11) is 0. The van der Waals surface area contributed by atoms with Gasteiger partial charge in [0, 0.05) is 18.7 Å². The van der Waals surface area contributed by atoms with Gasteiger partial charge in [-0.2, -0.15) is 0 Å². The van der Waals surface area contributed by atoms with E-state index in [2.05, 4.69) is 19.2 Å². The summed E-state index contributed by atoms with van der Waals surface area (Å²) in [5, 5.41) is 2.70. The molecule has 122 valence electrons. The Bertz CT molecular complexity index is 500. The van der Waals surface area contributed by atoms with Gasteiger partial charge in [0.25, 0.3) is 5.91 Å². The Morgan fingerprint density at radius 2 is 2.00 bits per heavy atom. The third-order valence-electron chi connectivity index (χ3n) is 3.04. The maximum atomic E-state index is 12.5. The van der Waals surface area contributed by atoms with E-state index in [0.29, 0.717) is 36.9 Å². The summed E-state index contributed by atoms with van der Waals surface area (Å²) in [5.41, 5.74) is 0.535. The van der Waals surface area contributed by atoms with E-state index in [1.807, 2.05) is 19.9 Å². The number of likely N-dealkylation sites (N-methyl/N-ethyl adjacent to an activating group) is 2. The fourth-order valence-corrected chi connectivity index (χ4v) is 1.92.